The first-order chi connectivity index (χ1) is 47.0. The molecule has 13 rings (SSSR count). The molecule has 5 aliphatic rings. The van der Waals surface area contributed by atoms with E-state index in [0.717, 1.165) is 71.3 Å². The summed E-state index contributed by atoms with van der Waals surface area (Å²) in [5.74, 6) is 0.131. The molecule has 2 unspecified atom stereocenters. The number of fused-ring (bicyclic) bond motifs is 2. The number of aromatic nitrogens is 6. The number of ether oxygens (including phenoxy) is 3. The van der Waals surface area contributed by atoms with E-state index >= 15 is 0 Å². The molecule has 0 amide bonds. The van der Waals surface area contributed by atoms with Crippen LogP contribution in [0.4, 0.5) is 22.7 Å². The van der Waals surface area contributed by atoms with Gasteiger partial charge in [-0.25, -0.2) is 19.9 Å². The van der Waals surface area contributed by atoms with Gasteiger partial charge in [0.15, 0.2) is 35.4 Å². The average molecular weight is 1530 g/mol. The Bertz CT molecular complexity index is 3980. The molecule has 0 saturated carbocycles. The number of methoxy groups -OCH3 is 2. The van der Waals surface area contributed by atoms with Crippen LogP contribution in [0.3, 0.4) is 0 Å². The number of carbonyl (C=O) groups excluding carboxylic acids is 2. The van der Waals surface area contributed by atoms with Gasteiger partial charge in [-0.3, -0.25) is 9.59 Å². The number of thioether (sulfide) groups is 4. The van der Waals surface area contributed by atoms with Gasteiger partial charge in [-0.05, 0) is 173 Å². The van der Waals surface area contributed by atoms with E-state index < -0.39 is 10.8 Å². The number of benzene rings is 4. The van der Waals surface area contributed by atoms with Crippen LogP contribution in [0.15, 0.2) is 122 Å². The fraction of sp³-hybridized carbons (Fsp3) is 0.486. The first-order valence-corrected chi connectivity index (χ1v) is 40.0. The van der Waals surface area contributed by atoms with Gasteiger partial charge in [0.05, 0.1) is 57.5 Å². The van der Waals surface area contributed by atoms with E-state index in [9.17, 15) is 9.59 Å². The van der Waals surface area contributed by atoms with Crippen LogP contribution in [-0.4, -0.2) is 151 Å². The molecule has 5 saturated heterocycles. The van der Waals surface area contributed by atoms with Crippen LogP contribution < -0.4 is 25.9 Å². The molecule has 4 aromatic heterocycles. The minimum absolute atomic E-state index is 0.0463. The van der Waals surface area contributed by atoms with Gasteiger partial charge in [-0.15, -0.1) is 47.0 Å². The number of hydrogen-bond acceptors (Lipinski definition) is 19. The number of aromatic amines is 2. The molecule has 534 valence electrons. The molecule has 0 radical (unpaired) electrons. The number of nitrogens with zero attached hydrogens (tertiary/aromatic N) is 7. The van der Waals surface area contributed by atoms with Crippen molar-refractivity contribution in [2.24, 2.45) is 10.8 Å². The predicted molar refractivity (Wildman–Crippen MR) is 421 cm³/mol. The number of halogens is 3. The van der Waals surface area contributed by atoms with Crippen molar-refractivity contribution in [2.45, 2.75) is 164 Å². The van der Waals surface area contributed by atoms with Crippen molar-refractivity contribution < 1.29 is 33.1 Å². The minimum Gasteiger partial charge on any atom is -0.399 e. The largest absolute Gasteiger partial charge is 0.494 e. The monoisotopic (exact) mass is 1530 g/mol. The Balaban J connectivity index is 0.000000158. The van der Waals surface area contributed by atoms with Crippen LogP contribution in [0.2, 0.25) is 10.0 Å². The number of H-pyrrole nitrogens is 2. The van der Waals surface area contributed by atoms with Gasteiger partial charge in [0.2, 0.25) is 0 Å². The van der Waals surface area contributed by atoms with Crippen molar-refractivity contribution in [3.63, 3.8) is 0 Å². The lowest BCUT2D eigenvalue weighted by Crippen LogP contribution is -2.41. The number of anilines is 4. The lowest BCUT2D eigenvalue weighted by atomic mass is 9.79. The van der Waals surface area contributed by atoms with Crippen LogP contribution >= 0.6 is 86.2 Å². The summed E-state index contributed by atoms with van der Waals surface area (Å²) in [6.45, 7) is 26.7. The Labute approximate surface area is 622 Å². The number of nitrogens with one attached hydrogen (secondary N) is 2. The second kappa shape index (κ2) is 35.9. The van der Waals surface area contributed by atoms with Crippen molar-refractivity contribution in [3.05, 3.63) is 123 Å². The summed E-state index contributed by atoms with van der Waals surface area (Å²) in [5, 5.41) is 1.53. The molecule has 17 nitrogen and oxygen atoms in total. The fourth-order valence-corrected chi connectivity index (χ4v) is 14.6. The van der Waals surface area contributed by atoms with Crippen LogP contribution in [-0.2, 0) is 23.5 Å². The van der Waals surface area contributed by atoms with E-state index in [1.54, 1.807) is 80.4 Å². The molecular formula is C74H98BBrCl2N10O7S4. The first-order valence-electron chi connectivity index (χ1n) is 33.6. The highest BCUT2D eigenvalue weighted by Gasteiger charge is 2.52. The molecule has 9 heterocycles. The summed E-state index contributed by atoms with van der Waals surface area (Å²) in [5.41, 5.74) is 15.5. The topological polar surface area (TPSA) is 199 Å². The number of nitrogen functional groups attached to an aromatic ring is 1. The van der Waals surface area contributed by atoms with Gasteiger partial charge in [0, 0.05) is 130 Å². The Morgan fingerprint density at radius 3 is 1.42 bits per heavy atom. The zero-order valence-corrected chi connectivity index (χ0v) is 66.6. The first kappa shape index (κ1) is 79.7. The predicted octanol–water partition coefficient (Wildman–Crippen LogP) is 18.5. The van der Waals surface area contributed by atoms with E-state index in [1.807, 2.05) is 77.8 Å². The summed E-state index contributed by atoms with van der Waals surface area (Å²) < 4.78 is 28.1. The van der Waals surface area contributed by atoms with Crippen LogP contribution in [0.5, 0.6) is 0 Å². The smallest absolute Gasteiger partial charge is 0.399 e. The number of ketones is 2. The Kier molecular flexibility index (Phi) is 28.9. The molecule has 0 aliphatic carbocycles. The van der Waals surface area contributed by atoms with E-state index in [4.69, 9.17) is 57.4 Å². The normalized spacial score (nSPS) is 17.8. The number of nitrogens with two attached hydrogens (primary N) is 1. The molecule has 2 atom stereocenters. The molecule has 0 bridgehead atoms. The van der Waals surface area contributed by atoms with Crippen molar-refractivity contribution >= 4 is 155 Å². The second-order valence-corrected chi connectivity index (χ2v) is 32.7. The Morgan fingerprint density at radius 2 is 0.990 bits per heavy atom. The average Bonchev–Trinajstić information content (AvgIpc) is 1.66. The Morgan fingerprint density at radius 1 is 0.586 bits per heavy atom. The highest BCUT2D eigenvalue weighted by Crippen LogP contribution is 2.40. The van der Waals surface area contributed by atoms with Gasteiger partial charge in [0.25, 0.3) is 0 Å². The van der Waals surface area contributed by atoms with Gasteiger partial charge in [-0.1, -0.05) is 76.9 Å². The zero-order valence-electron chi connectivity index (χ0n) is 60.2. The van der Waals surface area contributed by atoms with E-state index in [-0.39, 0.29) is 42.5 Å². The van der Waals surface area contributed by atoms with Gasteiger partial charge in [-0.2, -0.15) is 0 Å². The van der Waals surface area contributed by atoms with Crippen LogP contribution in [0.1, 0.15) is 141 Å². The van der Waals surface area contributed by atoms with Crippen molar-refractivity contribution in [2.75, 3.05) is 98.9 Å². The summed E-state index contributed by atoms with van der Waals surface area (Å²) in [7, 11) is 3.01. The highest BCUT2D eigenvalue weighted by atomic mass is 79.9. The highest BCUT2D eigenvalue weighted by molar-refractivity contribution is 9.10. The third-order valence-corrected chi connectivity index (χ3v) is 21.9. The third-order valence-electron chi connectivity index (χ3n) is 17.9. The standard InChI is InChI=1S/C22H26N4OS.C17H26BNO2S.C11H12BrN3O.C11H14ClNS.C7H8ClNS.C6H12O3/c1-22(2,3)20(27)15-12-23-21-19(15)25-16(13-24-21)14-7-8-18(28-4)17(11-14)26-9-5-6-10-26;1-16(2)17(3,4)21-18(20-16)13-8-9-15(22-5)14(12-13)19-10-6-7-11-19;1-11(2,3)9(16)6-4-13-10-8(6)15-7(12)5-14-10;1-14-11-5-4-9(12)8-10(11)13-6-2-3-7-13;1-10-7-3-2-5(8)4-6(7)9;1-7-5-3-4-6(8-2)9-5/h7-8,11-13H,5-6,9-10H2,1-4H3,(H,23,24);8-9,12H,6-7,10-11H2,1-5H3;4-5H,1-3H3,(H,13,14);4-5,8H,2-3,6-7H2,1H3;2-4H,9H2,1H3;5-6H,3-4H2,1-2H3. The number of carbonyl (C=O) groups is 2. The van der Waals surface area contributed by atoms with Crippen molar-refractivity contribution in [1.82, 2.24) is 29.9 Å². The van der Waals surface area contributed by atoms with Crippen molar-refractivity contribution in [1.29, 1.82) is 0 Å². The molecule has 4 aromatic carbocycles. The molecule has 5 aliphatic heterocycles. The van der Waals surface area contributed by atoms with E-state index in [1.165, 1.54) is 83.4 Å². The second-order valence-electron chi connectivity index (χ2n) is 27.6. The lowest BCUT2D eigenvalue weighted by molar-refractivity contribution is -0.185. The SMILES string of the molecule is CC(C)(C)C(=O)c1c[nH]c2ncc(Br)nc12.COC1CCC(OC)O1.CSc1ccc(-c2cnc3[nH]cc(C(=O)C(C)(C)C)c3n2)cc1N1CCCC1.CSc1ccc(B2OC(C)(C)C(C)(C)O2)cc1N1CCCC1.CSc1ccc(Cl)cc1N.CSc1ccc(Cl)cc1N1CCCC1. The molecule has 0 spiro atoms. The lowest BCUT2D eigenvalue weighted by Gasteiger charge is -2.32. The third kappa shape index (κ3) is 20.9. The van der Waals surface area contributed by atoms with Crippen molar-refractivity contribution in [3.8, 4) is 11.3 Å². The molecule has 25 heteroatoms. The summed E-state index contributed by atoms with van der Waals surface area (Å²) >= 11 is 21.9. The summed E-state index contributed by atoms with van der Waals surface area (Å²) in [6.07, 6.45) is 24.6. The van der Waals surface area contributed by atoms with E-state index in [0.29, 0.717) is 43.1 Å². The van der Waals surface area contributed by atoms with Gasteiger partial charge >= 0.3 is 7.12 Å². The van der Waals surface area contributed by atoms with E-state index in [2.05, 4.69) is 151 Å². The maximum absolute atomic E-state index is 12.8. The van der Waals surface area contributed by atoms with Crippen LogP contribution in [0, 0.1) is 10.8 Å². The number of rotatable bonds is 13. The number of hydrogen-bond donors (Lipinski definition) is 3. The summed E-state index contributed by atoms with van der Waals surface area (Å²) in [4.78, 5) is 61.1. The summed E-state index contributed by atoms with van der Waals surface area (Å²) in [6, 6.07) is 24.8. The molecule has 99 heavy (non-hydrogen) atoms. The zero-order chi connectivity index (χ0) is 72.0. The Hall–Kier alpha value is -5.02. The quantitative estimate of drug-likeness (QED) is 0.0426. The maximum atomic E-state index is 12.8. The maximum Gasteiger partial charge on any atom is 0.494 e. The molecule has 5 fully saturated rings. The fourth-order valence-electron chi connectivity index (χ4n) is 11.6. The minimum atomic E-state index is -0.463. The van der Waals surface area contributed by atoms with Gasteiger partial charge < -0.3 is 53.9 Å². The molecular weight excluding hydrogens is 1430 g/mol. The molecule has 4 N–H and O–H groups in total. The van der Waals surface area contributed by atoms with Gasteiger partial charge in [0.1, 0.15) is 15.6 Å². The number of Topliss-reactive ketones (excluding diaryl/α,β-unsaturated/α-hetero) is 2. The molecule has 8 aromatic rings. The van der Waals surface area contributed by atoms with Crippen LogP contribution in [0.25, 0.3) is 33.6 Å².